The summed E-state index contributed by atoms with van der Waals surface area (Å²) in [4.78, 5) is 42.0. The number of methoxy groups -OCH3 is 1. The third-order valence-electron chi connectivity index (χ3n) is 7.14. The van der Waals surface area contributed by atoms with Crippen molar-refractivity contribution in [2.24, 2.45) is 5.73 Å². The Balaban J connectivity index is 1.42. The Morgan fingerprint density at radius 1 is 1.08 bits per heavy atom. The van der Waals surface area contributed by atoms with Gasteiger partial charge in [-0.1, -0.05) is 31.4 Å². The van der Waals surface area contributed by atoms with Gasteiger partial charge < -0.3 is 24.8 Å². The topological polar surface area (TPSA) is 129 Å². The van der Waals surface area contributed by atoms with Crippen molar-refractivity contribution in [2.45, 2.75) is 50.6 Å². The number of imidazole rings is 1. The number of hydrogen-bond donors (Lipinski definition) is 2. The maximum atomic E-state index is 13.2. The number of amides is 2. The molecule has 1 fully saturated rings. The van der Waals surface area contributed by atoms with Crippen LogP contribution in [0.5, 0.6) is 0 Å². The number of primary amides is 1. The summed E-state index contributed by atoms with van der Waals surface area (Å²) in [5, 5.41) is 2.79. The molecule has 0 unspecified atom stereocenters. The quantitative estimate of drug-likeness (QED) is 0.335. The third-order valence-corrected chi connectivity index (χ3v) is 7.14. The maximum Gasteiger partial charge on any atom is 0.328 e. The molecule has 0 radical (unpaired) electrons. The number of aromatic nitrogens is 2. The highest BCUT2D eigenvalue weighted by molar-refractivity contribution is 6.00. The van der Waals surface area contributed by atoms with Gasteiger partial charge in [-0.15, -0.1) is 0 Å². The summed E-state index contributed by atoms with van der Waals surface area (Å²) in [6, 6.07) is 13.3. The van der Waals surface area contributed by atoms with Crippen molar-refractivity contribution in [3.63, 3.8) is 0 Å². The normalized spacial score (nSPS) is 14.8. The van der Waals surface area contributed by atoms with E-state index in [4.69, 9.17) is 19.9 Å². The maximum absolute atomic E-state index is 13.2. The molecule has 0 aliphatic heterocycles. The van der Waals surface area contributed by atoms with Gasteiger partial charge in [0, 0.05) is 23.6 Å². The summed E-state index contributed by atoms with van der Waals surface area (Å²) in [5.41, 5.74) is 9.37. The monoisotopic (exact) mass is 514 g/mol. The first kappa shape index (κ1) is 25.3. The zero-order valence-electron chi connectivity index (χ0n) is 21.2. The molecule has 0 saturated heterocycles. The molecule has 38 heavy (non-hydrogen) atoms. The molecule has 2 amide bonds. The van der Waals surface area contributed by atoms with Crippen molar-refractivity contribution in [3.8, 4) is 11.4 Å². The van der Waals surface area contributed by atoms with Gasteiger partial charge in [0.2, 0.25) is 5.91 Å². The largest absolute Gasteiger partial charge is 0.472 e. The Morgan fingerprint density at radius 2 is 1.82 bits per heavy atom. The molecule has 1 aliphatic carbocycles. The lowest BCUT2D eigenvalue weighted by Crippen LogP contribution is -2.43. The Morgan fingerprint density at radius 3 is 2.47 bits per heavy atom. The predicted octanol–water partition coefficient (Wildman–Crippen LogP) is 4.41. The van der Waals surface area contributed by atoms with E-state index >= 15 is 0 Å². The molecule has 9 heteroatoms. The Bertz CT molecular complexity index is 1450. The summed E-state index contributed by atoms with van der Waals surface area (Å²) in [5.74, 6) is -0.688. The molecule has 4 aromatic rings. The smallest absolute Gasteiger partial charge is 0.328 e. The lowest BCUT2D eigenvalue weighted by atomic mass is 9.95. The van der Waals surface area contributed by atoms with Gasteiger partial charge in [-0.3, -0.25) is 9.59 Å². The standard InChI is InChI=1S/C29H30N4O5/c1-37-29(36)24(15-18-7-9-19(10-8-18)26(30)34)32-28(35)20-11-12-25-23(16-20)31-27(21-13-14-38-17-21)33(25)22-5-3-2-4-6-22/h7-14,16-17,22,24H,2-6,15H2,1H3,(H2,30,34)(H,32,35)/t24-/m0/s1. The van der Waals surface area contributed by atoms with E-state index in [9.17, 15) is 14.4 Å². The van der Waals surface area contributed by atoms with Gasteiger partial charge in [-0.2, -0.15) is 0 Å². The van der Waals surface area contributed by atoms with Crippen LogP contribution in [0.1, 0.15) is 64.4 Å². The second-order valence-corrected chi connectivity index (χ2v) is 9.63. The third kappa shape index (κ3) is 5.18. The summed E-state index contributed by atoms with van der Waals surface area (Å²) >= 11 is 0. The molecule has 9 nitrogen and oxygen atoms in total. The fourth-order valence-electron chi connectivity index (χ4n) is 5.16. The number of carbonyl (C=O) groups is 3. The number of hydrogen-bond acceptors (Lipinski definition) is 6. The summed E-state index contributed by atoms with van der Waals surface area (Å²) in [6.07, 6.45) is 9.27. The van der Waals surface area contributed by atoms with Crippen molar-refractivity contribution in [2.75, 3.05) is 7.11 Å². The lowest BCUT2D eigenvalue weighted by Gasteiger charge is -2.25. The molecule has 3 N–H and O–H groups in total. The van der Waals surface area contributed by atoms with Gasteiger partial charge in [0.05, 0.1) is 30.0 Å². The lowest BCUT2D eigenvalue weighted by molar-refractivity contribution is -0.142. The summed E-state index contributed by atoms with van der Waals surface area (Å²) in [6.45, 7) is 0. The first-order valence-corrected chi connectivity index (χ1v) is 12.8. The van der Waals surface area contributed by atoms with Crippen LogP contribution in [0.15, 0.2) is 65.5 Å². The van der Waals surface area contributed by atoms with Crippen LogP contribution in [0.2, 0.25) is 0 Å². The number of benzene rings is 2. The molecule has 2 aromatic carbocycles. The van der Waals surface area contributed by atoms with Gasteiger partial charge >= 0.3 is 5.97 Å². The fourth-order valence-corrected chi connectivity index (χ4v) is 5.16. The minimum atomic E-state index is -0.913. The number of nitrogens with one attached hydrogen (secondary N) is 1. The number of esters is 1. The van der Waals surface area contributed by atoms with Gasteiger partial charge in [0.15, 0.2) is 0 Å². The zero-order valence-corrected chi connectivity index (χ0v) is 21.2. The van der Waals surface area contributed by atoms with E-state index in [1.807, 2.05) is 12.1 Å². The molecule has 5 rings (SSSR count). The van der Waals surface area contributed by atoms with Crippen LogP contribution < -0.4 is 11.1 Å². The minimum absolute atomic E-state index is 0.195. The fraction of sp³-hybridized carbons (Fsp3) is 0.310. The van der Waals surface area contributed by atoms with Crippen LogP contribution in [0.4, 0.5) is 0 Å². The second kappa shape index (κ2) is 10.9. The highest BCUT2D eigenvalue weighted by Gasteiger charge is 2.25. The molecule has 2 aromatic heterocycles. The molecular weight excluding hydrogens is 484 g/mol. The van der Waals surface area contributed by atoms with Crippen LogP contribution in [-0.2, 0) is 16.0 Å². The van der Waals surface area contributed by atoms with Crippen molar-refractivity contribution in [1.29, 1.82) is 0 Å². The van der Waals surface area contributed by atoms with E-state index in [2.05, 4.69) is 9.88 Å². The number of fused-ring (bicyclic) bond motifs is 1. The number of nitrogens with two attached hydrogens (primary N) is 1. The number of rotatable bonds is 8. The van der Waals surface area contributed by atoms with E-state index in [-0.39, 0.29) is 6.42 Å². The molecule has 2 heterocycles. The average Bonchev–Trinajstić information content (AvgIpc) is 3.60. The number of ether oxygens (including phenoxy) is 1. The van der Waals surface area contributed by atoms with Crippen LogP contribution >= 0.6 is 0 Å². The highest BCUT2D eigenvalue weighted by atomic mass is 16.5. The molecule has 196 valence electrons. The summed E-state index contributed by atoms with van der Waals surface area (Å²) in [7, 11) is 1.28. The number of carbonyl (C=O) groups excluding carboxylic acids is 3. The first-order chi connectivity index (χ1) is 18.4. The Labute approximate surface area is 220 Å². The molecular formula is C29H30N4O5. The van der Waals surface area contributed by atoms with E-state index in [1.54, 1.807) is 48.9 Å². The number of nitrogens with zero attached hydrogens (tertiary/aromatic N) is 2. The minimum Gasteiger partial charge on any atom is -0.472 e. The molecule has 1 aliphatic rings. The number of furan rings is 1. The Hall–Kier alpha value is -4.40. The van der Waals surface area contributed by atoms with Crippen molar-refractivity contribution >= 4 is 28.8 Å². The van der Waals surface area contributed by atoms with Gasteiger partial charge in [0.1, 0.15) is 18.1 Å². The van der Waals surface area contributed by atoms with E-state index in [0.29, 0.717) is 22.7 Å². The second-order valence-electron chi connectivity index (χ2n) is 9.63. The van der Waals surface area contributed by atoms with Crippen LogP contribution in [-0.4, -0.2) is 40.5 Å². The molecule has 0 spiro atoms. The molecule has 0 bridgehead atoms. The van der Waals surface area contributed by atoms with E-state index in [0.717, 1.165) is 35.3 Å². The van der Waals surface area contributed by atoms with Crippen LogP contribution in [0.25, 0.3) is 22.4 Å². The van der Waals surface area contributed by atoms with E-state index < -0.39 is 23.8 Å². The molecule has 1 saturated carbocycles. The predicted molar refractivity (Wildman–Crippen MR) is 141 cm³/mol. The average molecular weight is 515 g/mol. The first-order valence-electron chi connectivity index (χ1n) is 12.8. The van der Waals surface area contributed by atoms with E-state index in [1.165, 1.54) is 26.4 Å². The van der Waals surface area contributed by atoms with Crippen molar-refractivity contribution < 1.29 is 23.5 Å². The van der Waals surface area contributed by atoms with Crippen molar-refractivity contribution in [1.82, 2.24) is 14.9 Å². The van der Waals surface area contributed by atoms with Gasteiger partial charge in [0.25, 0.3) is 5.91 Å². The van der Waals surface area contributed by atoms with Crippen molar-refractivity contribution in [3.05, 3.63) is 77.7 Å². The van der Waals surface area contributed by atoms with Gasteiger partial charge in [-0.25, -0.2) is 9.78 Å². The Kier molecular flexibility index (Phi) is 7.26. The SMILES string of the molecule is COC(=O)[C@H](Cc1ccc(C(N)=O)cc1)NC(=O)c1ccc2c(c1)nc(-c1ccoc1)n2C1CCCCC1. The highest BCUT2D eigenvalue weighted by Crippen LogP contribution is 2.36. The van der Waals surface area contributed by atoms with Crippen LogP contribution in [0.3, 0.4) is 0 Å². The summed E-state index contributed by atoms with van der Waals surface area (Å²) < 4.78 is 12.5. The zero-order chi connectivity index (χ0) is 26.6. The van der Waals surface area contributed by atoms with Crippen LogP contribution in [0, 0.1) is 0 Å². The molecule has 1 atom stereocenters. The van der Waals surface area contributed by atoms with Gasteiger partial charge in [-0.05, 0) is 54.8 Å².